The van der Waals surface area contributed by atoms with Gasteiger partial charge in [0.1, 0.15) is 11.9 Å². The third-order valence-corrected chi connectivity index (χ3v) is 3.54. The monoisotopic (exact) mass is 344 g/mol. The van der Waals surface area contributed by atoms with Crippen molar-refractivity contribution in [1.29, 1.82) is 5.26 Å². The van der Waals surface area contributed by atoms with Gasteiger partial charge in [-0.1, -0.05) is 0 Å². The molecule has 2 aromatic rings. The van der Waals surface area contributed by atoms with Crippen LogP contribution in [0, 0.1) is 21.4 Å². The molecule has 9 heteroatoms. The van der Waals surface area contributed by atoms with E-state index in [-0.39, 0.29) is 11.4 Å². The van der Waals surface area contributed by atoms with Crippen LogP contribution in [0.2, 0.25) is 0 Å². The molecule has 0 radical (unpaired) electrons. The van der Waals surface area contributed by atoms with E-state index in [0.717, 1.165) is 0 Å². The standard InChI is InChI=1S/C16H16N4O5/c1-19(15-6-5-12(20(21)22)11(9-17)18-15)10-7-13(23-2)16(25-4)14(8-10)24-3/h5-8H,1-4H3. The van der Waals surface area contributed by atoms with Crippen LogP contribution in [-0.2, 0) is 0 Å². The summed E-state index contributed by atoms with van der Waals surface area (Å²) in [7, 11) is 6.20. The van der Waals surface area contributed by atoms with Crippen LogP contribution in [0.25, 0.3) is 0 Å². The van der Waals surface area contributed by atoms with Crippen molar-refractivity contribution in [2.24, 2.45) is 0 Å². The van der Waals surface area contributed by atoms with Crippen molar-refractivity contribution < 1.29 is 19.1 Å². The van der Waals surface area contributed by atoms with Gasteiger partial charge in [-0.3, -0.25) is 10.1 Å². The second-order valence-corrected chi connectivity index (χ2v) is 4.85. The maximum atomic E-state index is 10.9. The highest BCUT2D eigenvalue weighted by Crippen LogP contribution is 2.42. The first-order chi connectivity index (χ1) is 12.0. The molecule has 0 amide bonds. The molecule has 1 aromatic heterocycles. The average Bonchev–Trinajstić information content (AvgIpc) is 2.65. The highest BCUT2D eigenvalue weighted by atomic mass is 16.6. The van der Waals surface area contributed by atoms with Gasteiger partial charge < -0.3 is 19.1 Å². The Morgan fingerprint density at radius 3 is 2.20 bits per heavy atom. The molecule has 1 aromatic carbocycles. The number of ether oxygens (including phenoxy) is 3. The number of hydrogen-bond acceptors (Lipinski definition) is 8. The van der Waals surface area contributed by atoms with Gasteiger partial charge in [0.15, 0.2) is 11.5 Å². The fourth-order valence-corrected chi connectivity index (χ4v) is 2.25. The summed E-state index contributed by atoms with van der Waals surface area (Å²) >= 11 is 0. The van der Waals surface area contributed by atoms with Crippen LogP contribution in [0.3, 0.4) is 0 Å². The fourth-order valence-electron chi connectivity index (χ4n) is 2.25. The van der Waals surface area contributed by atoms with Crippen LogP contribution in [0.1, 0.15) is 5.69 Å². The lowest BCUT2D eigenvalue weighted by Crippen LogP contribution is -2.13. The van der Waals surface area contributed by atoms with Crippen molar-refractivity contribution in [1.82, 2.24) is 4.98 Å². The third-order valence-electron chi connectivity index (χ3n) is 3.54. The van der Waals surface area contributed by atoms with E-state index < -0.39 is 4.92 Å². The molecule has 0 saturated carbocycles. The molecule has 0 saturated heterocycles. The molecule has 0 aliphatic carbocycles. The fraction of sp³-hybridized carbons (Fsp3) is 0.250. The van der Waals surface area contributed by atoms with E-state index in [4.69, 9.17) is 19.5 Å². The molecule has 0 N–H and O–H groups in total. The summed E-state index contributed by atoms with van der Waals surface area (Å²) in [5, 5.41) is 20.0. The van der Waals surface area contributed by atoms with E-state index in [1.165, 1.54) is 33.5 Å². The van der Waals surface area contributed by atoms with E-state index in [9.17, 15) is 10.1 Å². The molecular weight excluding hydrogens is 328 g/mol. The summed E-state index contributed by atoms with van der Waals surface area (Å²) in [6.45, 7) is 0. The Morgan fingerprint density at radius 1 is 1.16 bits per heavy atom. The molecule has 0 unspecified atom stereocenters. The Hall–Kier alpha value is -3.54. The molecule has 9 nitrogen and oxygen atoms in total. The highest BCUT2D eigenvalue weighted by molar-refractivity contribution is 5.69. The quantitative estimate of drug-likeness (QED) is 0.581. The minimum Gasteiger partial charge on any atom is -0.493 e. The summed E-state index contributed by atoms with van der Waals surface area (Å²) in [6, 6.07) is 7.85. The third kappa shape index (κ3) is 3.37. The highest BCUT2D eigenvalue weighted by Gasteiger charge is 2.20. The molecule has 0 spiro atoms. The van der Waals surface area contributed by atoms with Crippen LogP contribution in [-0.4, -0.2) is 38.3 Å². The van der Waals surface area contributed by atoms with Gasteiger partial charge in [0.05, 0.1) is 26.3 Å². The first-order valence-corrected chi connectivity index (χ1v) is 7.06. The van der Waals surface area contributed by atoms with Gasteiger partial charge in [0, 0.05) is 30.9 Å². The Morgan fingerprint density at radius 2 is 1.76 bits per heavy atom. The summed E-state index contributed by atoms with van der Waals surface area (Å²) < 4.78 is 15.9. The first-order valence-electron chi connectivity index (χ1n) is 7.06. The van der Waals surface area contributed by atoms with Crippen molar-refractivity contribution >= 4 is 17.2 Å². The maximum absolute atomic E-state index is 10.9. The van der Waals surface area contributed by atoms with Crippen LogP contribution in [0.15, 0.2) is 24.3 Å². The number of rotatable bonds is 6. The number of anilines is 2. The predicted molar refractivity (Wildman–Crippen MR) is 89.8 cm³/mol. The van der Waals surface area contributed by atoms with Gasteiger partial charge in [0.2, 0.25) is 11.4 Å². The maximum Gasteiger partial charge on any atom is 0.305 e. The van der Waals surface area contributed by atoms with Crippen LogP contribution < -0.4 is 19.1 Å². The normalized spacial score (nSPS) is 9.88. The van der Waals surface area contributed by atoms with Gasteiger partial charge in [-0.2, -0.15) is 5.26 Å². The number of nitrogens with zero attached hydrogens (tertiary/aromatic N) is 4. The van der Waals surface area contributed by atoms with Gasteiger partial charge >= 0.3 is 5.69 Å². The number of aromatic nitrogens is 1. The lowest BCUT2D eigenvalue weighted by atomic mass is 10.2. The SMILES string of the molecule is COc1cc(N(C)c2ccc([N+](=O)[O-])c(C#N)n2)cc(OC)c1OC. The molecule has 0 bridgehead atoms. The summed E-state index contributed by atoms with van der Waals surface area (Å²) in [5.74, 6) is 1.70. The van der Waals surface area contributed by atoms with Crippen molar-refractivity contribution in [3.05, 3.63) is 40.1 Å². The van der Waals surface area contributed by atoms with Gasteiger partial charge in [0.25, 0.3) is 0 Å². The zero-order chi connectivity index (χ0) is 18.6. The summed E-state index contributed by atoms with van der Waals surface area (Å²) in [6.07, 6.45) is 0. The van der Waals surface area contributed by atoms with Crippen molar-refractivity contribution in [2.45, 2.75) is 0 Å². The number of nitro groups is 1. The Labute approximate surface area is 144 Å². The van der Waals surface area contributed by atoms with Crippen LogP contribution >= 0.6 is 0 Å². The average molecular weight is 344 g/mol. The van der Waals surface area contributed by atoms with E-state index in [1.54, 1.807) is 30.1 Å². The molecule has 0 atom stereocenters. The molecular formula is C16H16N4O5. The smallest absolute Gasteiger partial charge is 0.305 e. The summed E-state index contributed by atoms with van der Waals surface area (Å²) in [4.78, 5) is 16.0. The van der Waals surface area contributed by atoms with Crippen molar-refractivity contribution in [3.63, 3.8) is 0 Å². The van der Waals surface area contributed by atoms with Crippen LogP contribution in [0.5, 0.6) is 17.2 Å². The molecule has 2 rings (SSSR count). The minimum absolute atomic E-state index is 0.262. The van der Waals surface area contributed by atoms with Crippen molar-refractivity contribution in [2.75, 3.05) is 33.3 Å². The molecule has 130 valence electrons. The van der Waals surface area contributed by atoms with E-state index in [0.29, 0.717) is 28.8 Å². The zero-order valence-corrected chi connectivity index (χ0v) is 14.1. The molecule has 25 heavy (non-hydrogen) atoms. The topological polar surface area (TPSA) is 111 Å². The first kappa shape index (κ1) is 17.8. The number of hydrogen-bond donors (Lipinski definition) is 0. The Kier molecular flexibility index (Phi) is 5.24. The number of methoxy groups -OCH3 is 3. The van der Waals surface area contributed by atoms with Gasteiger partial charge in [-0.05, 0) is 6.07 Å². The molecule has 0 aliphatic rings. The Balaban J connectivity index is 2.52. The second-order valence-electron chi connectivity index (χ2n) is 4.85. The van der Waals surface area contributed by atoms with Crippen LogP contribution in [0.4, 0.5) is 17.2 Å². The lowest BCUT2D eigenvalue weighted by molar-refractivity contribution is -0.385. The summed E-state index contributed by atoms with van der Waals surface area (Å²) in [5.41, 5.74) is 0.0334. The molecule has 0 aliphatic heterocycles. The second kappa shape index (κ2) is 7.35. The van der Waals surface area contributed by atoms with E-state index in [2.05, 4.69) is 4.98 Å². The number of benzene rings is 1. The predicted octanol–water partition coefficient (Wildman–Crippen LogP) is 2.66. The largest absolute Gasteiger partial charge is 0.493 e. The van der Waals surface area contributed by atoms with Gasteiger partial charge in [-0.25, -0.2) is 4.98 Å². The van der Waals surface area contributed by atoms with E-state index in [1.807, 2.05) is 0 Å². The minimum atomic E-state index is -0.644. The lowest BCUT2D eigenvalue weighted by Gasteiger charge is -2.21. The number of nitriles is 1. The number of pyridine rings is 1. The van der Waals surface area contributed by atoms with E-state index >= 15 is 0 Å². The van der Waals surface area contributed by atoms with Crippen molar-refractivity contribution in [3.8, 4) is 23.3 Å². The molecule has 0 fully saturated rings. The zero-order valence-electron chi connectivity index (χ0n) is 14.1. The Bertz CT molecular complexity index is 822. The molecule has 1 heterocycles. The van der Waals surface area contributed by atoms with Gasteiger partial charge in [-0.15, -0.1) is 0 Å².